The number of anilines is 1. The van der Waals surface area contributed by atoms with Crippen LogP contribution < -0.4 is 14.8 Å². The average Bonchev–Trinajstić information content (AvgIpc) is 2.80. The van der Waals surface area contributed by atoms with Crippen molar-refractivity contribution in [2.75, 3.05) is 18.4 Å². The van der Waals surface area contributed by atoms with Gasteiger partial charge < -0.3 is 14.8 Å². The van der Waals surface area contributed by atoms with Gasteiger partial charge in [-0.15, -0.1) is 0 Å². The van der Waals surface area contributed by atoms with Gasteiger partial charge in [-0.05, 0) is 54.7 Å². The average molecular weight is 475 g/mol. The third-order valence-electron chi connectivity index (χ3n) is 6.15. The van der Waals surface area contributed by atoms with E-state index in [2.05, 4.69) is 23.9 Å². The van der Waals surface area contributed by atoms with E-state index in [1.807, 2.05) is 0 Å². The molecule has 9 heteroatoms. The van der Waals surface area contributed by atoms with Gasteiger partial charge in [0.25, 0.3) is 15.9 Å². The Labute approximate surface area is 194 Å². The van der Waals surface area contributed by atoms with E-state index in [9.17, 15) is 18.0 Å². The van der Waals surface area contributed by atoms with Crippen molar-refractivity contribution < 1.29 is 27.5 Å². The Bertz CT molecular complexity index is 1080. The smallest absolute Gasteiger partial charge is 0.340 e. The normalized spacial score (nSPS) is 20.5. The maximum absolute atomic E-state index is 12.8. The standard InChI is InChI=1S/C24H30N2O6S/c1-16-7-6-10-21(17(16)2)25-23(27)15-32-24(28)20-8-4-5-9-22(20)26-33(29,30)19-13-11-18(31-3)12-14-19/h4-5,8-9,11-14,16-17,21,26H,6-7,10,15H2,1-3H3,(H,25,27). The highest BCUT2D eigenvalue weighted by Crippen LogP contribution is 2.29. The van der Waals surface area contributed by atoms with Gasteiger partial charge in [-0.1, -0.05) is 38.8 Å². The zero-order chi connectivity index (χ0) is 24.0. The van der Waals surface area contributed by atoms with Gasteiger partial charge in [0.2, 0.25) is 0 Å². The number of para-hydroxylation sites is 1. The van der Waals surface area contributed by atoms with E-state index in [1.165, 1.54) is 43.5 Å². The maximum Gasteiger partial charge on any atom is 0.340 e. The highest BCUT2D eigenvalue weighted by atomic mass is 32.2. The summed E-state index contributed by atoms with van der Waals surface area (Å²) < 4.78 is 38.1. The molecule has 3 rings (SSSR count). The van der Waals surface area contributed by atoms with Crippen LogP contribution in [0.3, 0.4) is 0 Å². The number of ether oxygens (including phenoxy) is 2. The van der Waals surface area contributed by atoms with E-state index in [0.29, 0.717) is 17.6 Å². The first-order valence-electron chi connectivity index (χ1n) is 10.9. The molecular weight excluding hydrogens is 444 g/mol. The van der Waals surface area contributed by atoms with Gasteiger partial charge in [0.05, 0.1) is 23.3 Å². The van der Waals surface area contributed by atoms with Gasteiger partial charge in [-0.25, -0.2) is 13.2 Å². The lowest BCUT2D eigenvalue weighted by Crippen LogP contribution is -2.45. The predicted molar refractivity (Wildman–Crippen MR) is 125 cm³/mol. The van der Waals surface area contributed by atoms with Crippen LogP contribution in [0.1, 0.15) is 43.5 Å². The summed E-state index contributed by atoms with van der Waals surface area (Å²) in [5.41, 5.74) is 0.0792. The number of nitrogens with one attached hydrogen (secondary N) is 2. The van der Waals surface area contributed by atoms with E-state index >= 15 is 0 Å². The Morgan fingerprint density at radius 2 is 1.73 bits per heavy atom. The summed E-state index contributed by atoms with van der Waals surface area (Å²) in [6.45, 7) is 3.86. The maximum atomic E-state index is 12.8. The predicted octanol–water partition coefficient (Wildman–Crippen LogP) is 3.59. The molecule has 178 valence electrons. The zero-order valence-corrected chi connectivity index (χ0v) is 19.9. The molecule has 0 aromatic heterocycles. The summed E-state index contributed by atoms with van der Waals surface area (Å²) in [7, 11) is -2.46. The second kappa shape index (κ2) is 10.7. The molecule has 0 heterocycles. The van der Waals surface area contributed by atoms with E-state index in [4.69, 9.17) is 9.47 Å². The number of sulfonamides is 1. The Kier molecular flexibility index (Phi) is 7.97. The van der Waals surface area contributed by atoms with Crippen LogP contribution in [0.4, 0.5) is 5.69 Å². The minimum absolute atomic E-state index is 0.0154. The lowest BCUT2D eigenvalue weighted by atomic mass is 9.78. The summed E-state index contributed by atoms with van der Waals surface area (Å²) in [5, 5.41) is 2.95. The molecule has 33 heavy (non-hydrogen) atoms. The summed E-state index contributed by atoms with van der Waals surface area (Å²) in [5.74, 6) is 0.241. The largest absolute Gasteiger partial charge is 0.497 e. The number of esters is 1. The molecule has 2 aromatic rings. The third-order valence-corrected chi connectivity index (χ3v) is 7.53. The monoisotopic (exact) mass is 474 g/mol. The van der Waals surface area contributed by atoms with Crippen LogP contribution in [-0.2, 0) is 19.6 Å². The van der Waals surface area contributed by atoms with Gasteiger partial charge in [0.15, 0.2) is 6.61 Å². The Hall–Kier alpha value is -3.07. The summed E-state index contributed by atoms with van der Waals surface area (Å²) in [6.07, 6.45) is 3.10. The second-order valence-electron chi connectivity index (χ2n) is 8.34. The third kappa shape index (κ3) is 6.25. The number of benzene rings is 2. The fourth-order valence-electron chi connectivity index (χ4n) is 3.95. The van der Waals surface area contributed by atoms with Gasteiger partial charge >= 0.3 is 5.97 Å². The van der Waals surface area contributed by atoms with Crippen molar-refractivity contribution >= 4 is 27.6 Å². The number of methoxy groups -OCH3 is 1. The van der Waals surface area contributed by atoms with Crippen molar-refractivity contribution in [3.05, 3.63) is 54.1 Å². The van der Waals surface area contributed by atoms with Crippen LogP contribution in [0, 0.1) is 11.8 Å². The van der Waals surface area contributed by atoms with Gasteiger partial charge in [0, 0.05) is 6.04 Å². The number of hydrogen-bond donors (Lipinski definition) is 2. The molecule has 2 N–H and O–H groups in total. The molecule has 0 bridgehead atoms. The Morgan fingerprint density at radius 3 is 2.42 bits per heavy atom. The molecule has 0 aliphatic heterocycles. The van der Waals surface area contributed by atoms with Crippen molar-refractivity contribution in [3.8, 4) is 5.75 Å². The fraction of sp³-hybridized carbons (Fsp3) is 0.417. The first-order chi connectivity index (χ1) is 15.7. The van der Waals surface area contributed by atoms with Crippen LogP contribution >= 0.6 is 0 Å². The number of rotatable bonds is 8. The van der Waals surface area contributed by atoms with Crippen molar-refractivity contribution in [2.24, 2.45) is 11.8 Å². The Balaban J connectivity index is 1.64. The van der Waals surface area contributed by atoms with Crippen LogP contribution in [0.5, 0.6) is 5.75 Å². The first-order valence-corrected chi connectivity index (χ1v) is 12.4. The highest BCUT2D eigenvalue weighted by Gasteiger charge is 2.28. The van der Waals surface area contributed by atoms with Gasteiger partial charge in [-0.3, -0.25) is 9.52 Å². The van der Waals surface area contributed by atoms with Crippen molar-refractivity contribution in [1.82, 2.24) is 5.32 Å². The number of hydrogen-bond acceptors (Lipinski definition) is 6. The van der Waals surface area contributed by atoms with E-state index < -0.39 is 22.6 Å². The summed E-state index contributed by atoms with van der Waals surface area (Å²) in [6, 6.07) is 12.0. The van der Waals surface area contributed by atoms with Crippen LogP contribution in [0.15, 0.2) is 53.4 Å². The molecule has 1 saturated carbocycles. The quantitative estimate of drug-likeness (QED) is 0.566. The number of amides is 1. The summed E-state index contributed by atoms with van der Waals surface area (Å²) >= 11 is 0. The molecule has 3 unspecified atom stereocenters. The van der Waals surface area contributed by atoms with E-state index in [0.717, 1.165) is 19.3 Å². The van der Waals surface area contributed by atoms with E-state index in [-0.39, 0.29) is 28.1 Å². The molecule has 1 aliphatic rings. The first kappa shape index (κ1) is 24.6. The topological polar surface area (TPSA) is 111 Å². The van der Waals surface area contributed by atoms with E-state index in [1.54, 1.807) is 12.1 Å². The molecule has 0 spiro atoms. The SMILES string of the molecule is COc1ccc(S(=O)(=O)Nc2ccccc2C(=O)OCC(=O)NC2CCCC(C)C2C)cc1. The molecule has 2 aromatic carbocycles. The van der Waals surface area contributed by atoms with Crippen molar-refractivity contribution in [1.29, 1.82) is 0 Å². The van der Waals surface area contributed by atoms with Gasteiger partial charge in [0.1, 0.15) is 5.75 Å². The number of carbonyl (C=O) groups excluding carboxylic acids is 2. The van der Waals surface area contributed by atoms with Crippen molar-refractivity contribution in [2.45, 2.75) is 44.0 Å². The zero-order valence-electron chi connectivity index (χ0n) is 19.0. The lowest BCUT2D eigenvalue weighted by molar-refractivity contribution is -0.125. The minimum Gasteiger partial charge on any atom is -0.497 e. The van der Waals surface area contributed by atoms with Crippen LogP contribution in [0.25, 0.3) is 0 Å². The molecule has 8 nitrogen and oxygen atoms in total. The van der Waals surface area contributed by atoms with Crippen molar-refractivity contribution in [3.63, 3.8) is 0 Å². The second-order valence-corrected chi connectivity index (χ2v) is 10.0. The lowest BCUT2D eigenvalue weighted by Gasteiger charge is -2.34. The molecule has 3 atom stereocenters. The Morgan fingerprint density at radius 1 is 1.03 bits per heavy atom. The molecule has 1 fully saturated rings. The number of carbonyl (C=O) groups is 2. The van der Waals surface area contributed by atoms with Crippen LogP contribution in [-0.4, -0.2) is 40.1 Å². The minimum atomic E-state index is -3.95. The molecule has 0 saturated heterocycles. The molecular formula is C24H30N2O6S. The highest BCUT2D eigenvalue weighted by molar-refractivity contribution is 7.92. The van der Waals surface area contributed by atoms with Gasteiger partial charge in [-0.2, -0.15) is 0 Å². The fourth-order valence-corrected chi connectivity index (χ4v) is 5.03. The molecule has 1 amide bonds. The summed E-state index contributed by atoms with van der Waals surface area (Å²) in [4.78, 5) is 25.0. The van der Waals surface area contributed by atoms with Crippen LogP contribution in [0.2, 0.25) is 0 Å². The molecule has 0 radical (unpaired) electrons. The molecule has 1 aliphatic carbocycles.